The van der Waals surface area contributed by atoms with Crippen LogP contribution in [0.15, 0.2) is 60.7 Å². The average molecular weight is 367 g/mol. The van der Waals surface area contributed by atoms with Gasteiger partial charge in [0.15, 0.2) is 0 Å². The molecule has 2 aromatic rings. The van der Waals surface area contributed by atoms with Gasteiger partial charge in [-0.2, -0.15) is 0 Å². The zero-order chi connectivity index (χ0) is 19.6. The minimum Gasteiger partial charge on any atom is -0.480 e. The highest BCUT2D eigenvalue weighted by molar-refractivity contribution is 5.83. The summed E-state index contributed by atoms with van der Waals surface area (Å²) in [5.74, 6) is -1.49. The molecule has 1 heterocycles. The number of amides is 1. The lowest BCUT2D eigenvalue weighted by Crippen LogP contribution is -2.45. The average Bonchev–Trinajstić information content (AvgIpc) is 3.03. The van der Waals surface area contributed by atoms with Gasteiger partial charge in [0.05, 0.1) is 0 Å². The largest absolute Gasteiger partial charge is 0.480 e. The monoisotopic (exact) mass is 367 g/mol. The Morgan fingerprint density at radius 2 is 1.48 bits per heavy atom. The van der Waals surface area contributed by atoms with Gasteiger partial charge in [-0.25, -0.2) is 9.59 Å². The molecule has 0 unspecified atom stereocenters. The van der Waals surface area contributed by atoms with Crippen molar-refractivity contribution in [2.45, 2.75) is 44.2 Å². The molecule has 0 saturated carbocycles. The highest BCUT2D eigenvalue weighted by atomic mass is 16.6. The summed E-state index contributed by atoms with van der Waals surface area (Å²) >= 11 is 0. The number of ether oxygens (including phenoxy) is 1. The normalized spacial score (nSPS) is 22.5. The number of aliphatic carboxylic acids is 1. The second-order valence-electron chi connectivity index (χ2n) is 7.87. The number of hydrogen-bond donors (Lipinski definition) is 1. The molecule has 1 fully saturated rings. The van der Waals surface area contributed by atoms with Crippen molar-refractivity contribution in [1.82, 2.24) is 4.90 Å². The molecule has 1 amide bonds. The van der Waals surface area contributed by atoms with Crippen molar-refractivity contribution >= 4 is 12.1 Å². The van der Waals surface area contributed by atoms with E-state index in [1.54, 1.807) is 20.8 Å². The molecular formula is C22H25NO4. The molecule has 1 saturated heterocycles. The van der Waals surface area contributed by atoms with Gasteiger partial charge in [0.25, 0.3) is 0 Å². The van der Waals surface area contributed by atoms with Crippen LogP contribution in [0.5, 0.6) is 0 Å². The maximum Gasteiger partial charge on any atom is 0.411 e. The number of likely N-dealkylation sites (tertiary alicyclic amines) is 1. The van der Waals surface area contributed by atoms with Gasteiger partial charge < -0.3 is 9.84 Å². The fraction of sp³-hybridized carbons (Fsp3) is 0.364. The van der Waals surface area contributed by atoms with Crippen LogP contribution in [0.1, 0.15) is 43.7 Å². The summed E-state index contributed by atoms with van der Waals surface area (Å²) in [6, 6.07) is 18.3. The van der Waals surface area contributed by atoms with Crippen LogP contribution in [0.25, 0.3) is 0 Å². The zero-order valence-corrected chi connectivity index (χ0v) is 15.8. The third-order valence-electron chi connectivity index (χ3n) is 4.80. The lowest BCUT2D eigenvalue weighted by molar-refractivity contribution is -0.142. The highest BCUT2D eigenvalue weighted by Gasteiger charge is 2.50. The molecule has 5 heteroatoms. The number of carbonyl (C=O) groups excluding carboxylic acids is 1. The summed E-state index contributed by atoms with van der Waals surface area (Å²) in [6.07, 6.45) is -0.589. The minimum atomic E-state index is -1.02. The summed E-state index contributed by atoms with van der Waals surface area (Å²) < 4.78 is 5.49. The Bertz CT molecular complexity index is 798. The van der Waals surface area contributed by atoms with E-state index in [4.69, 9.17) is 4.74 Å². The minimum absolute atomic E-state index is 0.123. The van der Waals surface area contributed by atoms with E-state index in [9.17, 15) is 14.7 Å². The lowest BCUT2D eigenvalue weighted by atomic mass is 9.80. The molecular weight excluding hydrogens is 342 g/mol. The second kappa shape index (κ2) is 7.43. The van der Waals surface area contributed by atoms with Gasteiger partial charge in [-0.15, -0.1) is 0 Å². The van der Waals surface area contributed by atoms with Crippen molar-refractivity contribution in [3.05, 3.63) is 71.8 Å². The third kappa shape index (κ3) is 4.13. The summed E-state index contributed by atoms with van der Waals surface area (Å²) in [6.45, 7) is 5.63. The predicted octanol–water partition coefficient (Wildman–Crippen LogP) is 4.26. The molecule has 0 bridgehead atoms. The van der Waals surface area contributed by atoms with E-state index in [1.165, 1.54) is 4.90 Å². The Morgan fingerprint density at radius 3 is 1.96 bits per heavy atom. The van der Waals surface area contributed by atoms with Crippen molar-refractivity contribution in [3.63, 3.8) is 0 Å². The molecule has 0 radical (unpaired) electrons. The molecule has 27 heavy (non-hydrogen) atoms. The van der Waals surface area contributed by atoms with E-state index in [-0.39, 0.29) is 11.8 Å². The van der Waals surface area contributed by atoms with Crippen LogP contribution < -0.4 is 0 Å². The molecule has 1 N–H and O–H groups in total. The van der Waals surface area contributed by atoms with Crippen molar-refractivity contribution in [2.75, 3.05) is 6.54 Å². The van der Waals surface area contributed by atoms with Gasteiger partial charge in [0, 0.05) is 18.4 Å². The number of hydrogen-bond acceptors (Lipinski definition) is 3. The Kier molecular flexibility index (Phi) is 5.22. The van der Waals surface area contributed by atoms with E-state index in [2.05, 4.69) is 0 Å². The quantitative estimate of drug-likeness (QED) is 0.880. The van der Waals surface area contributed by atoms with Gasteiger partial charge >= 0.3 is 12.1 Å². The first-order valence-electron chi connectivity index (χ1n) is 9.10. The third-order valence-corrected chi connectivity index (χ3v) is 4.80. The Labute approximate surface area is 159 Å². The van der Waals surface area contributed by atoms with Crippen LogP contribution in [-0.2, 0) is 9.53 Å². The molecule has 2 aromatic carbocycles. The maximum atomic E-state index is 12.8. The first kappa shape index (κ1) is 19.0. The number of benzene rings is 2. The highest BCUT2D eigenvalue weighted by Crippen LogP contribution is 2.44. The van der Waals surface area contributed by atoms with E-state index >= 15 is 0 Å². The number of carboxylic acids is 1. The summed E-state index contributed by atoms with van der Waals surface area (Å²) in [7, 11) is 0. The first-order chi connectivity index (χ1) is 12.8. The van der Waals surface area contributed by atoms with Crippen molar-refractivity contribution < 1.29 is 19.4 Å². The molecule has 1 aliphatic heterocycles. The molecule has 0 aromatic heterocycles. The van der Waals surface area contributed by atoms with Crippen molar-refractivity contribution in [2.24, 2.45) is 0 Å². The van der Waals surface area contributed by atoms with Crippen molar-refractivity contribution in [3.8, 4) is 0 Å². The van der Waals surface area contributed by atoms with Crippen LogP contribution in [0.3, 0.4) is 0 Å². The van der Waals surface area contributed by atoms with E-state index in [1.807, 2.05) is 60.7 Å². The van der Waals surface area contributed by atoms with Gasteiger partial charge in [0.1, 0.15) is 11.6 Å². The first-order valence-corrected chi connectivity index (χ1v) is 9.10. The summed E-state index contributed by atoms with van der Waals surface area (Å²) in [5.41, 5.74) is 1.24. The molecule has 1 aliphatic rings. The van der Waals surface area contributed by atoms with E-state index < -0.39 is 23.7 Å². The zero-order valence-electron chi connectivity index (χ0n) is 15.8. The van der Waals surface area contributed by atoms with Crippen LogP contribution >= 0.6 is 0 Å². The van der Waals surface area contributed by atoms with Crippen LogP contribution in [0.4, 0.5) is 4.79 Å². The second-order valence-corrected chi connectivity index (χ2v) is 7.87. The fourth-order valence-electron chi connectivity index (χ4n) is 3.75. The number of carboxylic acid groups (broad SMARTS) is 1. The van der Waals surface area contributed by atoms with Crippen LogP contribution in [-0.4, -0.2) is 40.3 Å². The SMILES string of the molecule is CC(C)(C)OC(=O)N1C[C@@H](c2ccccc2)[C@H](c2ccccc2)[C@H]1C(=O)O. The van der Waals surface area contributed by atoms with Gasteiger partial charge in [-0.3, -0.25) is 4.90 Å². The molecule has 3 rings (SSSR count). The van der Waals surface area contributed by atoms with Crippen LogP contribution in [0.2, 0.25) is 0 Å². The molecule has 142 valence electrons. The number of nitrogens with zero attached hydrogens (tertiary/aromatic N) is 1. The molecule has 0 spiro atoms. The standard InChI is InChI=1S/C22H25NO4/c1-22(2,3)27-21(26)23-14-17(15-10-6-4-7-11-15)18(19(23)20(24)25)16-12-8-5-9-13-16/h4-13,17-19H,14H2,1-3H3,(H,24,25)/t17-,18-,19-/m0/s1. The Hall–Kier alpha value is -2.82. The van der Waals surface area contributed by atoms with E-state index in [0.717, 1.165) is 11.1 Å². The van der Waals surface area contributed by atoms with Gasteiger partial charge in [-0.05, 0) is 31.9 Å². The van der Waals surface area contributed by atoms with Crippen LogP contribution in [0, 0.1) is 0 Å². The van der Waals surface area contributed by atoms with Gasteiger partial charge in [0.2, 0.25) is 0 Å². The molecule has 3 atom stereocenters. The summed E-state index contributed by atoms with van der Waals surface area (Å²) in [5, 5.41) is 9.98. The number of rotatable bonds is 3. The molecule has 0 aliphatic carbocycles. The summed E-state index contributed by atoms with van der Waals surface area (Å²) in [4.78, 5) is 26.3. The lowest BCUT2D eigenvalue weighted by Gasteiger charge is -2.28. The Morgan fingerprint density at radius 1 is 0.963 bits per heavy atom. The topological polar surface area (TPSA) is 66.8 Å². The number of carbonyl (C=O) groups is 2. The smallest absolute Gasteiger partial charge is 0.411 e. The van der Waals surface area contributed by atoms with Gasteiger partial charge in [-0.1, -0.05) is 60.7 Å². The molecule has 5 nitrogen and oxygen atoms in total. The van der Waals surface area contributed by atoms with E-state index in [0.29, 0.717) is 6.54 Å². The predicted molar refractivity (Wildman–Crippen MR) is 103 cm³/mol. The maximum absolute atomic E-state index is 12.8. The Balaban J connectivity index is 2.04. The fourth-order valence-corrected chi connectivity index (χ4v) is 3.75. The van der Waals surface area contributed by atoms with Crippen molar-refractivity contribution in [1.29, 1.82) is 0 Å².